The molecule has 0 spiro atoms. The van der Waals surface area contributed by atoms with Crippen molar-refractivity contribution >= 4 is 51.0 Å². The molecule has 9 aromatic rings. The van der Waals surface area contributed by atoms with Crippen molar-refractivity contribution in [3.8, 4) is 50.2 Å². The molecule has 0 fully saturated rings. The lowest BCUT2D eigenvalue weighted by Crippen LogP contribution is -2.60. The molecular weight excluding hydrogens is 820 g/mol. The van der Waals surface area contributed by atoms with Crippen LogP contribution < -0.4 is 15.7 Å². The van der Waals surface area contributed by atoms with Crippen LogP contribution in [0.3, 0.4) is 0 Å². The molecule has 2 aliphatic heterocycles. The zero-order valence-corrected chi connectivity index (χ0v) is 41.8. The fourth-order valence-electron chi connectivity index (χ4n) is 14.0. The minimum atomic E-state index is -0.156. The van der Waals surface area contributed by atoms with Crippen molar-refractivity contribution < 1.29 is 0 Å². The minimum absolute atomic E-state index is 0.0323. The lowest BCUT2D eigenvalue weighted by Gasteiger charge is -2.43. The maximum absolute atomic E-state index is 2.75. The topological polar surface area (TPSA) is 8.17 Å². The van der Waals surface area contributed by atoms with E-state index in [1.165, 1.54) is 139 Å². The van der Waals surface area contributed by atoms with Crippen LogP contribution in [-0.2, 0) is 27.1 Å². The summed E-state index contributed by atoms with van der Waals surface area (Å²) in [6.07, 6.45) is 0. The molecule has 14 rings (SSSR count). The third kappa shape index (κ3) is 4.85. The van der Waals surface area contributed by atoms with Gasteiger partial charge in [-0.25, -0.2) is 0 Å². The van der Waals surface area contributed by atoms with E-state index >= 15 is 0 Å². The van der Waals surface area contributed by atoms with Gasteiger partial charge in [0.15, 0.2) is 0 Å². The number of anilines is 2. The number of hydrogen-bond acceptors (Lipinski definition) is 1. The van der Waals surface area contributed by atoms with Crippen LogP contribution >= 0.6 is 0 Å². The Morgan fingerprint density at radius 2 is 1.00 bits per heavy atom. The summed E-state index contributed by atoms with van der Waals surface area (Å²) in [4.78, 5) is 2.75. The Morgan fingerprint density at radius 3 is 1.71 bits per heavy atom. The van der Waals surface area contributed by atoms with Gasteiger partial charge in [0.1, 0.15) is 0 Å². The van der Waals surface area contributed by atoms with Crippen molar-refractivity contribution in [3.63, 3.8) is 0 Å². The average molecular weight is 879 g/mol. The normalized spacial score (nSPS) is 16.8. The molecule has 8 aromatic carbocycles. The van der Waals surface area contributed by atoms with Gasteiger partial charge in [-0.2, -0.15) is 0 Å². The molecule has 0 atom stereocenters. The van der Waals surface area contributed by atoms with Crippen molar-refractivity contribution in [3.05, 3.63) is 184 Å². The molecule has 68 heavy (non-hydrogen) atoms. The van der Waals surface area contributed by atoms with Crippen LogP contribution in [0.5, 0.6) is 0 Å². The Morgan fingerprint density at radius 1 is 0.426 bits per heavy atom. The van der Waals surface area contributed by atoms with E-state index in [1.807, 2.05) is 0 Å². The average Bonchev–Trinajstić information content (AvgIpc) is 3.93. The van der Waals surface area contributed by atoms with Crippen molar-refractivity contribution in [2.24, 2.45) is 0 Å². The third-order valence-corrected chi connectivity index (χ3v) is 17.7. The van der Waals surface area contributed by atoms with E-state index in [2.05, 4.69) is 232 Å². The van der Waals surface area contributed by atoms with Crippen LogP contribution in [0.15, 0.2) is 140 Å². The molecule has 1 aromatic heterocycles. The molecule has 0 amide bonds. The first-order valence-electron chi connectivity index (χ1n) is 25.0. The van der Waals surface area contributed by atoms with Crippen molar-refractivity contribution in [2.45, 2.75) is 110 Å². The van der Waals surface area contributed by atoms with Crippen molar-refractivity contribution in [1.29, 1.82) is 0 Å². The quantitative estimate of drug-likeness (QED) is 0.149. The SMILES string of the molecule is CC(C)(C)c1ccc(N2B3c4cc5c(cc4-n4c6ccc7c(c6c6ccc(c3c64)-c3cc4c(cc32)-c2cc(C(C)(C)C)ccc2C4(C)C)-c2ccccc2C7(C)C)C(C)(C)c2ccccc2-5)cc1. The molecule has 3 heterocycles. The van der Waals surface area contributed by atoms with Crippen LogP contribution in [0.1, 0.15) is 128 Å². The highest BCUT2D eigenvalue weighted by Gasteiger charge is 2.49. The molecule has 3 heteroatoms. The highest BCUT2D eigenvalue weighted by Crippen LogP contribution is 2.58. The van der Waals surface area contributed by atoms with E-state index < -0.39 is 0 Å². The highest BCUT2D eigenvalue weighted by molar-refractivity contribution is 6.93. The highest BCUT2D eigenvalue weighted by atomic mass is 15.1. The van der Waals surface area contributed by atoms with E-state index in [9.17, 15) is 0 Å². The molecule has 0 N–H and O–H groups in total. The predicted molar refractivity (Wildman–Crippen MR) is 290 cm³/mol. The number of hydrogen-bond donors (Lipinski definition) is 0. The maximum Gasteiger partial charge on any atom is 0.333 e. The molecule has 0 unspecified atom stereocenters. The maximum atomic E-state index is 2.75. The van der Waals surface area contributed by atoms with Crippen molar-refractivity contribution in [1.82, 2.24) is 4.57 Å². The van der Waals surface area contributed by atoms with E-state index in [0.717, 1.165) is 0 Å². The van der Waals surface area contributed by atoms with Crippen LogP contribution in [0.25, 0.3) is 72.0 Å². The van der Waals surface area contributed by atoms with E-state index in [1.54, 1.807) is 0 Å². The Bertz CT molecular complexity index is 3780. The second kappa shape index (κ2) is 12.5. The van der Waals surface area contributed by atoms with Gasteiger partial charge in [0.2, 0.25) is 0 Å². The first-order chi connectivity index (χ1) is 32.3. The first kappa shape index (κ1) is 40.5. The molecule has 0 saturated heterocycles. The van der Waals surface area contributed by atoms with Crippen LogP contribution in [-0.4, -0.2) is 11.4 Å². The summed E-state index contributed by atoms with van der Waals surface area (Å²) in [5.41, 5.74) is 31.0. The van der Waals surface area contributed by atoms with Crippen LogP contribution in [0.2, 0.25) is 0 Å². The standard InChI is InChI=1S/C65H59BN2/c1-61(2,3)36-21-24-38(25-22-36)68-55-34-45-43-31-37(62(4,5)6)23-28-49(43)65(11,12)51(45)32-46(55)40-26-27-42-58-54(30-29-50-57(58)41-18-14-16-20-48(41)63(50,7)8)67-56-35-52-44(33-53(56)66(68)59(40)60(42)67)39-17-13-15-19-47(39)64(52,9)10/h13-35H,1-12H3. The lowest BCUT2D eigenvalue weighted by molar-refractivity contribution is 0.589. The number of nitrogens with zero attached hydrogens (tertiary/aromatic N) is 2. The van der Waals surface area contributed by atoms with Gasteiger partial charge < -0.3 is 9.38 Å². The molecule has 5 aliphatic rings. The fourth-order valence-corrected chi connectivity index (χ4v) is 14.0. The largest absolute Gasteiger partial charge is 0.376 e. The molecular formula is C65H59BN2. The smallest absolute Gasteiger partial charge is 0.333 e. The molecule has 332 valence electrons. The number of benzene rings is 8. The summed E-state index contributed by atoms with van der Waals surface area (Å²) in [7, 11) is 0. The third-order valence-electron chi connectivity index (χ3n) is 17.7. The van der Waals surface area contributed by atoms with E-state index in [-0.39, 0.29) is 33.9 Å². The summed E-state index contributed by atoms with van der Waals surface area (Å²) in [5, 5.41) is 2.72. The predicted octanol–water partition coefficient (Wildman–Crippen LogP) is 15.5. The molecule has 3 aliphatic carbocycles. The lowest BCUT2D eigenvalue weighted by atomic mass is 9.43. The van der Waals surface area contributed by atoms with E-state index in [0.29, 0.717) is 0 Å². The second-order valence-electron chi connectivity index (χ2n) is 24.6. The summed E-state index contributed by atoms with van der Waals surface area (Å²) in [5.74, 6) is 0. The van der Waals surface area contributed by atoms with Gasteiger partial charge >= 0.3 is 6.85 Å². The Labute approximate surface area is 402 Å². The fraction of sp³-hybridized carbons (Fsp3) is 0.262. The zero-order valence-electron chi connectivity index (χ0n) is 41.8. The monoisotopic (exact) mass is 878 g/mol. The van der Waals surface area contributed by atoms with Gasteiger partial charge in [0, 0.05) is 49.6 Å². The van der Waals surface area contributed by atoms with Crippen LogP contribution in [0.4, 0.5) is 11.4 Å². The summed E-state index contributed by atoms with van der Waals surface area (Å²) >= 11 is 0. The zero-order chi connectivity index (χ0) is 46.9. The van der Waals surface area contributed by atoms with Gasteiger partial charge in [0.05, 0.1) is 11.0 Å². The number of aromatic nitrogens is 1. The first-order valence-corrected chi connectivity index (χ1v) is 25.0. The minimum Gasteiger partial charge on any atom is -0.376 e. The number of fused-ring (bicyclic) bond motifs is 18. The second-order valence-corrected chi connectivity index (χ2v) is 24.6. The Hall–Kier alpha value is -6.58. The molecule has 0 bridgehead atoms. The van der Waals surface area contributed by atoms with Gasteiger partial charge in [-0.15, -0.1) is 0 Å². The van der Waals surface area contributed by atoms with Gasteiger partial charge in [0.25, 0.3) is 0 Å². The van der Waals surface area contributed by atoms with Crippen molar-refractivity contribution in [2.75, 3.05) is 4.81 Å². The molecule has 2 nitrogen and oxygen atoms in total. The van der Waals surface area contributed by atoms with Gasteiger partial charge in [-0.05, 0) is 142 Å². The van der Waals surface area contributed by atoms with Gasteiger partial charge in [-0.3, -0.25) is 0 Å². The Balaban J connectivity index is 1.15. The summed E-state index contributed by atoms with van der Waals surface area (Å²) < 4.78 is 2.70. The van der Waals surface area contributed by atoms with Gasteiger partial charge in [-0.1, -0.05) is 186 Å². The van der Waals surface area contributed by atoms with E-state index in [4.69, 9.17) is 0 Å². The molecule has 0 radical (unpaired) electrons. The Kier molecular flexibility index (Phi) is 7.47. The molecule has 0 saturated carbocycles. The summed E-state index contributed by atoms with van der Waals surface area (Å²) in [6.45, 7) is 28.5. The summed E-state index contributed by atoms with van der Waals surface area (Å²) in [6, 6.07) is 55.6. The van der Waals surface area contributed by atoms with Crippen LogP contribution in [0, 0.1) is 0 Å². The number of rotatable bonds is 1.